The van der Waals surface area contributed by atoms with Crippen molar-refractivity contribution >= 4 is 5.84 Å². The largest absolute Gasteiger partial charge is 0.357 e. The standard InChI is InChI=1S/C16H23FN2/c1-12(14-10-6-7-11-15(14)17)19(2)16(18)13-8-4-3-5-9-13/h6-7,10-13,18H,3-5,8-9H2,1-2H3. The Kier molecular flexibility index (Phi) is 4.56. The lowest BCUT2D eigenvalue weighted by atomic mass is 9.87. The molecule has 1 saturated carbocycles. The van der Waals surface area contributed by atoms with E-state index in [1.54, 1.807) is 6.07 Å². The highest BCUT2D eigenvalue weighted by Crippen LogP contribution is 2.29. The van der Waals surface area contributed by atoms with Gasteiger partial charge in [0.05, 0.1) is 11.9 Å². The smallest absolute Gasteiger partial charge is 0.128 e. The zero-order valence-corrected chi connectivity index (χ0v) is 11.8. The average molecular weight is 262 g/mol. The van der Waals surface area contributed by atoms with Crippen molar-refractivity contribution in [2.75, 3.05) is 7.05 Å². The van der Waals surface area contributed by atoms with E-state index in [9.17, 15) is 4.39 Å². The third-order valence-electron chi connectivity index (χ3n) is 4.31. The van der Waals surface area contributed by atoms with Crippen molar-refractivity contribution in [2.45, 2.75) is 45.1 Å². The highest BCUT2D eigenvalue weighted by atomic mass is 19.1. The molecule has 1 unspecified atom stereocenters. The maximum atomic E-state index is 13.8. The molecule has 2 nitrogen and oxygen atoms in total. The Morgan fingerprint density at radius 3 is 2.53 bits per heavy atom. The zero-order chi connectivity index (χ0) is 13.8. The zero-order valence-electron chi connectivity index (χ0n) is 11.8. The molecule has 1 N–H and O–H groups in total. The molecule has 2 rings (SSSR count). The van der Waals surface area contributed by atoms with Gasteiger partial charge in [0.1, 0.15) is 5.82 Å². The molecule has 3 heteroatoms. The quantitative estimate of drug-likeness (QED) is 0.635. The summed E-state index contributed by atoms with van der Waals surface area (Å²) in [6.07, 6.45) is 5.93. The van der Waals surface area contributed by atoms with Crippen LogP contribution in [0.1, 0.15) is 50.6 Å². The van der Waals surface area contributed by atoms with Gasteiger partial charge in [-0.1, -0.05) is 37.5 Å². The maximum absolute atomic E-state index is 13.8. The summed E-state index contributed by atoms with van der Waals surface area (Å²) in [4.78, 5) is 1.92. The van der Waals surface area contributed by atoms with E-state index in [-0.39, 0.29) is 11.9 Å². The minimum Gasteiger partial charge on any atom is -0.357 e. The molecule has 0 amide bonds. The van der Waals surface area contributed by atoms with Crippen molar-refractivity contribution in [1.29, 1.82) is 5.41 Å². The summed E-state index contributed by atoms with van der Waals surface area (Å²) < 4.78 is 13.8. The molecule has 104 valence electrons. The highest BCUT2D eigenvalue weighted by Gasteiger charge is 2.24. The number of nitrogens with zero attached hydrogens (tertiary/aromatic N) is 1. The second kappa shape index (κ2) is 6.18. The van der Waals surface area contributed by atoms with Crippen LogP contribution in [0.25, 0.3) is 0 Å². The monoisotopic (exact) mass is 262 g/mol. The second-order valence-corrected chi connectivity index (χ2v) is 5.53. The normalized spacial score (nSPS) is 18.1. The number of hydrogen-bond acceptors (Lipinski definition) is 1. The molecule has 0 spiro atoms. The Morgan fingerprint density at radius 2 is 1.89 bits per heavy atom. The highest BCUT2D eigenvalue weighted by molar-refractivity contribution is 5.81. The van der Waals surface area contributed by atoms with Gasteiger partial charge >= 0.3 is 0 Å². The summed E-state index contributed by atoms with van der Waals surface area (Å²) in [6.45, 7) is 1.97. The SMILES string of the molecule is CC(c1ccccc1F)N(C)C(=N)C1CCCCC1. The number of amidine groups is 1. The van der Waals surface area contributed by atoms with Crippen LogP contribution in [0.15, 0.2) is 24.3 Å². The lowest BCUT2D eigenvalue weighted by Crippen LogP contribution is -2.35. The Hall–Kier alpha value is -1.38. The van der Waals surface area contributed by atoms with Gasteiger partial charge in [-0.2, -0.15) is 0 Å². The molecule has 1 aromatic carbocycles. The fourth-order valence-electron chi connectivity index (χ4n) is 2.90. The van der Waals surface area contributed by atoms with E-state index >= 15 is 0 Å². The van der Waals surface area contributed by atoms with Gasteiger partial charge in [0.25, 0.3) is 0 Å². The van der Waals surface area contributed by atoms with Crippen LogP contribution in [0.5, 0.6) is 0 Å². The molecule has 1 aromatic rings. The van der Waals surface area contributed by atoms with E-state index in [1.165, 1.54) is 25.3 Å². The van der Waals surface area contributed by atoms with Gasteiger partial charge in [-0.25, -0.2) is 4.39 Å². The van der Waals surface area contributed by atoms with Crippen molar-refractivity contribution in [1.82, 2.24) is 4.90 Å². The van der Waals surface area contributed by atoms with Crippen LogP contribution >= 0.6 is 0 Å². The van der Waals surface area contributed by atoms with Gasteiger partial charge in [-0.3, -0.25) is 5.41 Å². The fourth-order valence-corrected chi connectivity index (χ4v) is 2.90. The predicted molar refractivity (Wildman–Crippen MR) is 76.9 cm³/mol. The van der Waals surface area contributed by atoms with Gasteiger partial charge < -0.3 is 4.90 Å². The summed E-state index contributed by atoms with van der Waals surface area (Å²) in [6, 6.07) is 6.77. The van der Waals surface area contributed by atoms with Crippen molar-refractivity contribution in [3.63, 3.8) is 0 Å². The molecule has 1 aliphatic rings. The van der Waals surface area contributed by atoms with Crippen LogP contribution in [0.4, 0.5) is 4.39 Å². The molecule has 1 aliphatic carbocycles. The van der Waals surface area contributed by atoms with Crippen molar-refractivity contribution < 1.29 is 4.39 Å². The topological polar surface area (TPSA) is 27.1 Å². The Labute approximate surface area is 115 Å². The van der Waals surface area contributed by atoms with Gasteiger partial charge in [0.2, 0.25) is 0 Å². The predicted octanol–water partition coefficient (Wildman–Crippen LogP) is 4.38. The number of nitrogens with one attached hydrogen (secondary N) is 1. The van der Waals surface area contributed by atoms with Crippen LogP contribution in [0.2, 0.25) is 0 Å². The fraction of sp³-hybridized carbons (Fsp3) is 0.562. The van der Waals surface area contributed by atoms with E-state index in [0.29, 0.717) is 17.3 Å². The van der Waals surface area contributed by atoms with Crippen molar-refractivity contribution in [3.05, 3.63) is 35.6 Å². The summed E-state index contributed by atoms with van der Waals surface area (Å²) in [7, 11) is 1.91. The van der Waals surface area contributed by atoms with Crippen molar-refractivity contribution in [3.8, 4) is 0 Å². The first kappa shape index (κ1) is 14.0. The van der Waals surface area contributed by atoms with Crippen LogP contribution in [-0.2, 0) is 0 Å². The van der Waals surface area contributed by atoms with Gasteiger partial charge in [-0.15, -0.1) is 0 Å². The minimum atomic E-state index is -0.182. The van der Waals surface area contributed by atoms with Gasteiger partial charge in [0, 0.05) is 18.5 Å². The first-order valence-corrected chi connectivity index (χ1v) is 7.17. The van der Waals surface area contributed by atoms with E-state index < -0.39 is 0 Å². The molecule has 0 heterocycles. The molecule has 0 radical (unpaired) electrons. The number of rotatable bonds is 3. The summed E-state index contributed by atoms with van der Waals surface area (Å²) in [5, 5.41) is 8.34. The first-order valence-electron chi connectivity index (χ1n) is 7.17. The minimum absolute atomic E-state index is 0.0874. The molecule has 0 saturated heterocycles. The van der Waals surface area contributed by atoms with Gasteiger partial charge in [0.15, 0.2) is 0 Å². The van der Waals surface area contributed by atoms with E-state index in [2.05, 4.69) is 0 Å². The van der Waals surface area contributed by atoms with Crippen LogP contribution in [-0.4, -0.2) is 17.8 Å². The molecule has 1 atom stereocenters. The third-order valence-corrected chi connectivity index (χ3v) is 4.31. The second-order valence-electron chi connectivity index (χ2n) is 5.53. The molecular formula is C16H23FN2. The molecule has 0 aromatic heterocycles. The molecule has 1 fully saturated rings. The van der Waals surface area contributed by atoms with E-state index in [1.807, 2.05) is 31.0 Å². The molecule has 19 heavy (non-hydrogen) atoms. The number of hydrogen-bond donors (Lipinski definition) is 1. The van der Waals surface area contributed by atoms with E-state index in [0.717, 1.165) is 12.8 Å². The van der Waals surface area contributed by atoms with Crippen LogP contribution in [0, 0.1) is 17.1 Å². The average Bonchev–Trinajstić information content (AvgIpc) is 2.46. The van der Waals surface area contributed by atoms with Gasteiger partial charge in [-0.05, 0) is 25.8 Å². The van der Waals surface area contributed by atoms with Crippen LogP contribution < -0.4 is 0 Å². The lowest BCUT2D eigenvalue weighted by Gasteiger charge is -2.33. The summed E-state index contributed by atoms with van der Waals surface area (Å²) in [5.41, 5.74) is 0.672. The molecule has 0 bridgehead atoms. The summed E-state index contributed by atoms with van der Waals surface area (Å²) >= 11 is 0. The first-order chi connectivity index (χ1) is 9.11. The maximum Gasteiger partial charge on any atom is 0.128 e. The number of halogens is 1. The van der Waals surface area contributed by atoms with Crippen molar-refractivity contribution in [2.24, 2.45) is 5.92 Å². The molecule has 0 aliphatic heterocycles. The Bertz CT molecular complexity index is 438. The lowest BCUT2D eigenvalue weighted by molar-refractivity contribution is 0.336. The third kappa shape index (κ3) is 3.14. The van der Waals surface area contributed by atoms with E-state index in [4.69, 9.17) is 5.41 Å². The molecular weight excluding hydrogens is 239 g/mol. The Morgan fingerprint density at radius 1 is 1.26 bits per heavy atom. The Balaban J connectivity index is 2.08. The summed E-state index contributed by atoms with van der Waals surface area (Å²) in [5.74, 6) is 0.835. The van der Waals surface area contributed by atoms with Crippen LogP contribution in [0.3, 0.4) is 0 Å². The number of benzene rings is 1.